The van der Waals surface area contributed by atoms with Gasteiger partial charge in [-0.1, -0.05) is 13.8 Å². The van der Waals surface area contributed by atoms with Gasteiger partial charge in [-0.05, 0) is 24.1 Å². The van der Waals surface area contributed by atoms with E-state index < -0.39 is 0 Å². The molecule has 15 heavy (non-hydrogen) atoms. The summed E-state index contributed by atoms with van der Waals surface area (Å²) in [7, 11) is 0. The molecule has 0 saturated carbocycles. The first-order valence-electron chi connectivity index (χ1n) is 4.93. The van der Waals surface area contributed by atoms with Crippen molar-refractivity contribution in [1.82, 2.24) is 10.3 Å². The van der Waals surface area contributed by atoms with Gasteiger partial charge in [-0.3, -0.25) is 9.78 Å². The minimum atomic E-state index is -0.107. The molecular formula is C11H17N3O. The lowest BCUT2D eigenvalue weighted by atomic mass is 9.94. The molecule has 4 nitrogen and oxygen atoms in total. The largest absolute Gasteiger partial charge is 0.351 e. The van der Waals surface area contributed by atoms with E-state index in [1.165, 1.54) is 0 Å². The highest BCUT2D eigenvalue weighted by molar-refractivity contribution is 5.93. The highest BCUT2D eigenvalue weighted by atomic mass is 16.1. The van der Waals surface area contributed by atoms with Crippen molar-refractivity contribution in [2.45, 2.75) is 13.8 Å². The first kappa shape index (κ1) is 11.7. The monoisotopic (exact) mass is 207 g/mol. The maximum atomic E-state index is 11.6. The Hall–Kier alpha value is -1.42. The zero-order valence-electron chi connectivity index (χ0n) is 9.16. The molecule has 0 saturated heterocycles. The van der Waals surface area contributed by atoms with Crippen LogP contribution in [0.5, 0.6) is 0 Å². The highest BCUT2D eigenvalue weighted by Gasteiger charge is 2.16. The van der Waals surface area contributed by atoms with E-state index in [4.69, 9.17) is 5.73 Å². The van der Waals surface area contributed by atoms with Crippen molar-refractivity contribution in [2.24, 2.45) is 11.1 Å². The molecular weight excluding hydrogens is 190 g/mol. The maximum Gasteiger partial charge on any atom is 0.252 e. The Bertz CT molecular complexity index is 322. The fourth-order valence-electron chi connectivity index (χ4n) is 0.991. The normalized spacial score (nSPS) is 11.1. The Morgan fingerprint density at radius 2 is 2.33 bits per heavy atom. The summed E-state index contributed by atoms with van der Waals surface area (Å²) in [5.41, 5.74) is 6.07. The summed E-state index contributed by atoms with van der Waals surface area (Å²) < 4.78 is 0. The van der Waals surface area contributed by atoms with Gasteiger partial charge in [0.1, 0.15) is 0 Å². The second-order valence-corrected chi connectivity index (χ2v) is 4.29. The molecule has 0 bridgehead atoms. The molecule has 3 N–H and O–H groups in total. The van der Waals surface area contributed by atoms with Gasteiger partial charge in [-0.2, -0.15) is 0 Å². The van der Waals surface area contributed by atoms with Crippen LogP contribution in [0.25, 0.3) is 0 Å². The number of hydrogen-bond donors (Lipinski definition) is 2. The lowest BCUT2D eigenvalue weighted by molar-refractivity contribution is 0.0937. The van der Waals surface area contributed by atoms with Crippen molar-refractivity contribution in [1.29, 1.82) is 0 Å². The van der Waals surface area contributed by atoms with Gasteiger partial charge in [0.05, 0.1) is 5.56 Å². The minimum absolute atomic E-state index is 0.0716. The van der Waals surface area contributed by atoms with Gasteiger partial charge in [-0.25, -0.2) is 0 Å². The molecule has 0 radical (unpaired) electrons. The van der Waals surface area contributed by atoms with E-state index in [9.17, 15) is 4.79 Å². The summed E-state index contributed by atoms with van der Waals surface area (Å²) in [6.07, 6.45) is 3.19. The number of amides is 1. The fourth-order valence-corrected chi connectivity index (χ4v) is 0.991. The van der Waals surface area contributed by atoms with E-state index in [-0.39, 0.29) is 11.3 Å². The Kier molecular flexibility index (Phi) is 3.80. The van der Waals surface area contributed by atoms with Gasteiger partial charge in [-0.15, -0.1) is 0 Å². The topological polar surface area (TPSA) is 68.0 Å². The van der Waals surface area contributed by atoms with Crippen LogP contribution < -0.4 is 11.1 Å². The lowest BCUT2D eigenvalue weighted by Crippen LogP contribution is -2.38. The third-order valence-corrected chi connectivity index (χ3v) is 2.20. The van der Waals surface area contributed by atoms with E-state index in [1.54, 1.807) is 24.5 Å². The van der Waals surface area contributed by atoms with Crippen molar-refractivity contribution in [3.63, 3.8) is 0 Å². The van der Waals surface area contributed by atoms with Crippen molar-refractivity contribution in [3.8, 4) is 0 Å². The Morgan fingerprint density at radius 1 is 1.60 bits per heavy atom. The molecule has 0 aliphatic heterocycles. The SMILES string of the molecule is CC(C)(CN)CNC(=O)c1cccnc1. The maximum absolute atomic E-state index is 11.6. The molecule has 0 atom stereocenters. The molecule has 1 aromatic rings. The second kappa shape index (κ2) is 4.89. The van der Waals surface area contributed by atoms with Crippen LogP contribution in [0.4, 0.5) is 0 Å². The molecule has 1 amide bonds. The zero-order valence-corrected chi connectivity index (χ0v) is 9.16. The van der Waals surface area contributed by atoms with Gasteiger partial charge >= 0.3 is 0 Å². The molecule has 82 valence electrons. The number of carbonyl (C=O) groups is 1. The number of nitrogens with one attached hydrogen (secondary N) is 1. The number of hydrogen-bond acceptors (Lipinski definition) is 3. The summed E-state index contributed by atoms with van der Waals surface area (Å²) in [5.74, 6) is -0.107. The van der Waals surface area contributed by atoms with Crippen molar-refractivity contribution >= 4 is 5.91 Å². The molecule has 0 aromatic carbocycles. The standard InChI is InChI=1S/C11H17N3O/c1-11(2,7-12)8-14-10(15)9-4-3-5-13-6-9/h3-6H,7-8,12H2,1-2H3,(H,14,15). The molecule has 0 aliphatic rings. The predicted octanol–water partition coefficient (Wildman–Crippen LogP) is 0.796. The quantitative estimate of drug-likeness (QED) is 0.767. The molecule has 1 rings (SSSR count). The zero-order chi connectivity index (χ0) is 11.3. The van der Waals surface area contributed by atoms with Gasteiger partial charge in [0.15, 0.2) is 0 Å². The van der Waals surface area contributed by atoms with Gasteiger partial charge < -0.3 is 11.1 Å². The van der Waals surface area contributed by atoms with Crippen LogP contribution in [0.1, 0.15) is 24.2 Å². The number of nitrogens with zero attached hydrogens (tertiary/aromatic N) is 1. The summed E-state index contributed by atoms with van der Waals surface area (Å²) in [4.78, 5) is 15.5. The van der Waals surface area contributed by atoms with Gasteiger partial charge in [0, 0.05) is 18.9 Å². The summed E-state index contributed by atoms with van der Waals surface area (Å²) in [6.45, 7) is 5.13. The van der Waals surface area contributed by atoms with Crippen LogP contribution in [-0.2, 0) is 0 Å². The molecule has 0 unspecified atom stereocenters. The van der Waals surface area contributed by atoms with E-state index >= 15 is 0 Å². The number of aromatic nitrogens is 1. The smallest absolute Gasteiger partial charge is 0.252 e. The average molecular weight is 207 g/mol. The first-order chi connectivity index (χ1) is 7.05. The molecule has 1 aromatic heterocycles. The molecule has 4 heteroatoms. The third-order valence-electron chi connectivity index (χ3n) is 2.20. The van der Waals surface area contributed by atoms with Crippen molar-refractivity contribution in [2.75, 3.05) is 13.1 Å². The summed E-state index contributed by atoms with van der Waals surface area (Å²) >= 11 is 0. The minimum Gasteiger partial charge on any atom is -0.351 e. The predicted molar refractivity (Wildman–Crippen MR) is 59.4 cm³/mol. The Labute approximate surface area is 89.9 Å². The van der Waals surface area contributed by atoms with Crippen LogP contribution in [0.15, 0.2) is 24.5 Å². The van der Waals surface area contributed by atoms with E-state index in [2.05, 4.69) is 10.3 Å². The summed E-state index contributed by atoms with van der Waals surface area (Å²) in [6, 6.07) is 3.47. The number of nitrogens with two attached hydrogens (primary N) is 1. The first-order valence-corrected chi connectivity index (χ1v) is 4.93. The Morgan fingerprint density at radius 3 is 2.87 bits per heavy atom. The molecule has 0 fully saturated rings. The molecule has 0 spiro atoms. The number of rotatable bonds is 4. The number of carbonyl (C=O) groups excluding carboxylic acids is 1. The fraction of sp³-hybridized carbons (Fsp3) is 0.455. The van der Waals surface area contributed by atoms with Gasteiger partial charge in [0.25, 0.3) is 5.91 Å². The highest BCUT2D eigenvalue weighted by Crippen LogP contribution is 2.10. The second-order valence-electron chi connectivity index (χ2n) is 4.29. The van der Waals surface area contributed by atoms with Crippen LogP contribution in [-0.4, -0.2) is 24.0 Å². The third kappa shape index (κ3) is 3.67. The van der Waals surface area contributed by atoms with Crippen LogP contribution in [0.3, 0.4) is 0 Å². The van der Waals surface area contributed by atoms with Crippen molar-refractivity contribution in [3.05, 3.63) is 30.1 Å². The van der Waals surface area contributed by atoms with E-state index in [0.717, 1.165) is 0 Å². The van der Waals surface area contributed by atoms with E-state index in [0.29, 0.717) is 18.7 Å². The lowest BCUT2D eigenvalue weighted by Gasteiger charge is -2.22. The average Bonchev–Trinajstić information content (AvgIpc) is 2.27. The van der Waals surface area contributed by atoms with Crippen LogP contribution in [0, 0.1) is 5.41 Å². The molecule has 1 heterocycles. The Balaban J connectivity index is 2.51. The van der Waals surface area contributed by atoms with Crippen LogP contribution >= 0.6 is 0 Å². The van der Waals surface area contributed by atoms with Crippen molar-refractivity contribution < 1.29 is 4.79 Å². The van der Waals surface area contributed by atoms with Crippen LogP contribution in [0.2, 0.25) is 0 Å². The number of pyridine rings is 1. The van der Waals surface area contributed by atoms with E-state index in [1.807, 2.05) is 13.8 Å². The molecule has 0 aliphatic carbocycles. The van der Waals surface area contributed by atoms with Gasteiger partial charge in [0.2, 0.25) is 0 Å². The summed E-state index contributed by atoms with van der Waals surface area (Å²) in [5, 5.41) is 2.83.